The summed E-state index contributed by atoms with van der Waals surface area (Å²) in [5.74, 6) is 0.161. The van der Waals surface area contributed by atoms with Crippen LogP contribution in [0.25, 0.3) is 0 Å². The van der Waals surface area contributed by atoms with Crippen LogP contribution in [0.2, 0.25) is 0 Å². The molecule has 1 N–H and O–H groups in total. The highest BCUT2D eigenvalue weighted by molar-refractivity contribution is 5.63. The summed E-state index contributed by atoms with van der Waals surface area (Å²) in [5.41, 5.74) is -0.228. The smallest absolute Gasteiger partial charge is 0.328 e. The first kappa shape index (κ1) is 15.9. The Morgan fingerprint density at radius 3 is 2.75 bits per heavy atom. The Labute approximate surface area is 118 Å². The van der Waals surface area contributed by atoms with E-state index in [2.05, 4.69) is 29.0 Å². The van der Waals surface area contributed by atoms with Crippen LogP contribution in [0.3, 0.4) is 0 Å². The van der Waals surface area contributed by atoms with Gasteiger partial charge in [-0.05, 0) is 32.1 Å². The second kappa shape index (κ2) is 8.07. The number of hydrogen-bond donors (Lipinski definition) is 1. The van der Waals surface area contributed by atoms with Crippen molar-refractivity contribution in [3.8, 4) is 6.07 Å². The van der Waals surface area contributed by atoms with Crippen LogP contribution in [0.15, 0.2) is 12.3 Å². The van der Waals surface area contributed by atoms with E-state index in [0.717, 1.165) is 26.1 Å². The molecule has 7 heteroatoms. The molecular formula is C13H19N5O2. The number of rotatable bonds is 8. The van der Waals surface area contributed by atoms with Crippen molar-refractivity contribution in [2.24, 2.45) is 0 Å². The van der Waals surface area contributed by atoms with Crippen molar-refractivity contribution in [2.45, 2.75) is 20.3 Å². The summed E-state index contributed by atoms with van der Waals surface area (Å²) < 4.78 is 0. The number of nitrogens with zero attached hydrogens (tertiary/aromatic N) is 4. The fourth-order valence-corrected chi connectivity index (χ4v) is 1.91. The highest BCUT2D eigenvalue weighted by Gasteiger charge is 2.20. The lowest BCUT2D eigenvalue weighted by atomic mass is 10.2. The Morgan fingerprint density at radius 1 is 1.50 bits per heavy atom. The standard InChI is InChI=1S/C13H19N5O2/c1-3-17(4-2)9-5-7-15-13-12(18(19)20)11(10-14)6-8-16-13/h6,8H,3-5,7,9H2,1-2H3,(H,15,16). The molecule has 0 fully saturated rings. The van der Waals surface area contributed by atoms with Crippen molar-refractivity contribution < 1.29 is 4.92 Å². The summed E-state index contributed by atoms with van der Waals surface area (Å²) in [4.78, 5) is 16.7. The number of nitrogens with one attached hydrogen (secondary N) is 1. The van der Waals surface area contributed by atoms with Crippen LogP contribution in [0.1, 0.15) is 25.8 Å². The molecule has 0 aliphatic heterocycles. The fraction of sp³-hybridized carbons (Fsp3) is 0.538. The van der Waals surface area contributed by atoms with Gasteiger partial charge in [0, 0.05) is 12.7 Å². The number of nitro groups is 1. The zero-order chi connectivity index (χ0) is 15.0. The second-order valence-corrected chi connectivity index (χ2v) is 4.23. The van der Waals surface area contributed by atoms with Gasteiger partial charge in [-0.3, -0.25) is 10.1 Å². The molecule has 7 nitrogen and oxygen atoms in total. The van der Waals surface area contributed by atoms with Gasteiger partial charge in [0.05, 0.1) is 4.92 Å². The third-order valence-electron chi connectivity index (χ3n) is 3.07. The van der Waals surface area contributed by atoms with E-state index in [1.807, 2.05) is 6.07 Å². The van der Waals surface area contributed by atoms with E-state index >= 15 is 0 Å². The van der Waals surface area contributed by atoms with Gasteiger partial charge in [-0.15, -0.1) is 0 Å². The van der Waals surface area contributed by atoms with Crippen molar-refractivity contribution in [1.29, 1.82) is 5.26 Å². The van der Waals surface area contributed by atoms with E-state index in [4.69, 9.17) is 5.26 Å². The highest BCUT2D eigenvalue weighted by atomic mass is 16.6. The lowest BCUT2D eigenvalue weighted by Crippen LogP contribution is -2.25. The van der Waals surface area contributed by atoms with Crippen LogP contribution < -0.4 is 5.32 Å². The Hall–Kier alpha value is -2.20. The van der Waals surface area contributed by atoms with E-state index in [0.29, 0.717) is 6.54 Å². The van der Waals surface area contributed by atoms with Gasteiger partial charge in [0.1, 0.15) is 11.6 Å². The van der Waals surface area contributed by atoms with Gasteiger partial charge in [-0.2, -0.15) is 5.26 Å². The molecule has 20 heavy (non-hydrogen) atoms. The van der Waals surface area contributed by atoms with Gasteiger partial charge < -0.3 is 10.2 Å². The van der Waals surface area contributed by atoms with E-state index in [1.54, 1.807) is 0 Å². The first-order valence-corrected chi connectivity index (χ1v) is 6.63. The highest BCUT2D eigenvalue weighted by Crippen LogP contribution is 2.25. The van der Waals surface area contributed by atoms with Crippen molar-refractivity contribution in [1.82, 2.24) is 9.88 Å². The summed E-state index contributed by atoms with van der Waals surface area (Å²) >= 11 is 0. The molecule has 1 rings (SSSR count). The summed E-state index contributed by atoms with van der Waals surface area (Å²) in [6, 6.07) is 3.16. The summed E-state index contributed by atoms with van der Waals surface area (Å²) in [5, 5.41) is 22.8. The second-order valence-electron chi connectivity index (χ2n) is 4.23. The molecule has 0 saturated heterocycles. The lowest BCUT2D eigenvalue weighted by Gasteiger charge is -2.17. The number of hydrogen-bond acceptors (Lipinski definition) is 6. The van der Waals surface area contributed by atoms with Crippen LogP contribution in [0.4, 0.5) is 11.5 Å². The van der Waals surface area contributed by atoms with Crippen LogP contribution in [0.5, 0.6) is 0 Å². The minimum atomic E-state index is -0.571. The molecule has 0 aliphatic rings. The number of pyridine rings is 1. The molecule has 0 aromatic carbocycles. The van der Waals surface area contributed by atoms with Crippen molar-refractivity contribution in [3.05, 3.63) is 27.9 Å². The lowest BCUT2D eigenvalue weighted by molar-refractivity contribution is -0.384. The van der Waals surface area contributed by atoms with Crippen LogP contribution in [-0.4, -0.2) is 41.0 Å². The molecule has 0 radical (unpaired) electrons. The van der Waals surface area contributed by atoms with Gasteiger partial charge in [-0.25, -0.2) is 4.98 Å². The normalized spacial score (nSPS) is 10.3. The maximum Gasteiger partial charge on any atom is 0.328 e. The third kappa shape index (κ3) is 4.17. The van der Waals surface area contributed by atoms with Gasteiger partial charge in [0.25, 0.3) is 0 Å². The Bertz CT molecular complexity index is 494. The maximum absolute atomic E-state index is 11.0. The van der Waals surface area contributed by atoms with Gasteiger partial charge in [-0.1, -0.05) is 13.8 Å². The third-order valence-corrected chi connectivity index (χ3v) is 3.07. The molecule has 0 amide bonds. The van der Waals surface area contributed by atoms with Gasteiger partial charge >= 0.3 is 5.69 Å². The predicted octanol–water partition coefficient (Wildman–Crippen LogP) is 2.01. The molecule has 0 spiro atoms. The van der Waals surface area contributed by atoms with Crippen LogP contribution in [0, 0.1) is 21.4 Å². The molecule has 0 atom stereocenters. The van der Waals surface area contributed by atoms with E-state index in [-0.39, 0.29) is 17.1 Å². The maximum atomic E-state index is 11.0. The molecule has 0 saturated carbocycles. The van der Waals surface area contributed by atoms with Crippen molar-refractivity contribution in [2.75, 3.05) is 31.5 Å². The average molecular weight is 277 g/mol. The van der Waals surface area contributed by atoms with Crippen molar-refractivity contribution >= 4 is 11.5 Å². The zero-order valence-electron chi connectivity index (χ0n) is 11.8. The summed E-state index contributed by atoms with van der Waals surface area (Å²) in [6.45, 7) is 7.67. The van der Waals surface area contributed by atoms with E-state index in [1.165, 1.54) is 12.3 Å². The molecular weight excluding hydrogens is 258 g/mol. The van der Waals surface area contributed by atoms with E-state index in [9.17, 15) is 10.1 Å². The SMILES string of the molecule is CCN(CC)CCCNc1nccc(C#N)c1[N+](=O)[O-]. The topological polar surface area (TPSA) is 95.1 Å². The molecule has 0 unspecified atom stereocenters. The monoisotopic (exact) mass is 277 g/mol. The summed E-state index contributed by atoms with van der Waals surface area (Å²) in [7, 11) is 0. The Balaban J connectivity index is 2.65. The van der Waals surface area contributed by atoms with E-state index < -0.39 is 4.92 Å². The zero-order valence-corrected chi connectivity index (χ0v) is 11.8. The van der Waals surface area contributed by atoms with Crippen LogP contribution in [-0.2, 0) is 0 Å². The molecule has 1 heterocycles. The Kier molecular flexibility index (Phi) is 6.40. The number of anilines is 1. The first-order chi connectivity index (χ1) is 9.63. The van der Waals surface area contributed by atoms with Gasteiger partial charge in [0.2, 0.25) is 5.82 Å². The molecule has 108 valence electrons. The largest absolute Gasteiger partial charge is 0.364 e. The number of nitriles is 1. The average Bonchev–Trinajstić information content (AvgIpc) is 2.46. The van der Waals surface area contributed by atoms with Crippen molar-refractivity contribution in [3.63, 3.8) is 0 Å². The van der Waals surface area contributed by atoms with Crippen LogP contribution >= 0.6 is 0 Å². The Morgan fingerprint density at radius 2 is 2.20 bits per heavy atom. The fourth-order valence-electron chi connectivity index (χ4n) is 1.91. The molecule has 0 aliphatic carbocycles. The molecule has 1 aromatic heterocycles. The molecule has 1 aromatic rings. The minimum Gasteiger partial charge on any atom is -0.364 e. The summed E-state index contributed by atoms with van der Waals surface area (Å²) in [6.07, 6.45) is 2.26. The number of aromatic nitrogens is 1. The minimum absolute atomic E-state index is 0.0243. The van der Waals surface area contributed by atoms with Gasteiger partial charge in [0.15, 0.2) is 0 Å². The molecule has 0 bridgehead atoms. The first-order valence-electron chi connectivity index (χ1n) is 6.63. The quantitative estimate of drug-likeness (QED) is 0.443. The predicted molar refractivity (Wildman–Crippen MR) is 76.5 cm³/mol.